The number of benzene rings is 4. The number of hydrogen-bond acceptors (Lipinski definition) is 8. The van der Waals surface area contributed by atoms with Gasteiger partial charge >= 0.3 is 0 Å². The number of methoxy groups -OCH3 is 1. The number of nitrogen functional groups attached to an aromatic ring is 2. The number of fused-ring (bicyclic) bond motifs is 2. The number of phenols is 1. The van der Waals surface area contributed by atoms with Crippen LogP contribution in [0.15, 0.2) is 78.9 Å². The van der Waals surface area contributed by atoms with E-state index in [0.717, 1.165) is 45.3 Å². The summed E-state index contributed by atoms with van der Waals surface area (Å²) in [5, 5.41) is 18.7. The minimum atomic E-state index is -0.0916. The minimum absolute atomic E-state index is 0.0916. The molecule has 192 valence electrons. The third kappa shape index (κ3) is 7.49. The highest BCUT2D eigenvalue weighted by molar-refractivity contribution is 7.11. The van der Waals surface area contributed by atoms with Gasteiger partial charge in [0.1, 0.15) is 16.5 Å². The molecule has 0 fully saturated rings. The van der Waals surface area contributed by atoms with Crippen molar-refractivity contribution in [2.24, 2.45) is 0 Å². The van der Waals surface area contributed by atoms with Gasteiger partial charge in [-0.3, -0.25) is 4.79 Å². The number of carbonyl (C=O) groups excluding carboxylic acids is 1. The largest absolute Gasteiger partial charge is 0.506 e. The molecule has 0 spiro atoms. The second-order valence-corrected chi connectivity index (χ2v) is 8.74. The molecule has 0 aliphatic rings. The molecule has 5 rings (SSSR count). The predicted molar refractivity (Wildman–Crippen MR) is 156 cm³/mol. The molecule has 7 N–H and O–H groups in total. The van der Waals surface area contributed by atoms with Crippen molar-refractivity contribution in [3.05, 3.63) is 78.9 Å². The fraction of sp³-hybridized carbons (Fsp3) is 0.143. The highest BCUT2D eigenvalue weighted by Gasteiger charge is 2.04. The van der Waals surface area contributed by atoms with E-state index in [1.54, 1.807) is 13.2 Å². The lowest BCUT2D eigenvalue weighted by atomic mass is 10.1. The van der Waals surface area contributed by atoms with Crippen LogP contribution in [0.2, 0.25) is 0 Å². The molecule has 4 aromatic carbocycles. The van der Waals surface area contributed by atoms with E-state index < -0.39 is 0 Å². The van der Waals surface area contributed by atoms with Gasteiger partial charge in [0.2, 0.25) is 5.91 Å². The summed E-state index contributed by atoms with van der Waals surface area (Å²) in [6, 6.07) is 24.5. The van der Waals surface area contributed by atoms with Crippen LogP contribution in [0, 0.1) is 0 Å². The first-order valence-electron chi connectivity index (χ1n) is 11.6. The number of rotatable bonds is 4. The van der Waals surface area contributed by atoms with E-state index in [4.69, 9.17) is 16.2 Å². The van der Waals surface area contributed by atoms with Gasteiger partial charge in [-0.15, -0.1) is 0 Å². The van der Waals surface area contributed by atoms with Crippen molar-refractivity contribution in [2.45, 2.75) is 13.8 Å². The molecular weight excluding hydrogens is 486 g/mol. The quantitative estimate of drug-likeness (QED) is 0.144. The maximum Gasteiger partial charge on any atom is 0.221 e. The Balaban J connectivity index is 0.000000156. The Kier molecular flexibility index (Phi) is 9.51. The number of hydrogen-bond donors (Lipinski definition) is 5. The second kappa shape index (κ2) is 13.0. The fourth-order valence-corrected chi connectivity index (χ4v) is 4.06. The summed E-state index contributed by atoms with van der Waals surface area (Å²) in [7, 11) is 1.67. The standard InChI is InChI=1S/C10H9NO.C9H9N3OS.C9H13NO/c11-10-8-4-2-1-3-7(8)5-6-9(10)12;1-5(13)11-6-2-3-8-7(4-6)9(10)14-12-8;1-3-10-8-4-6-9(11-2)7-5-8/h1-6,12H,11H2;2-4H,10H2,1H3,(H,11,13);4-7,10H,3H2,1-2H3. The summed E-state index contributed by atoms with van der Waals surface area (Å²) in [6.45, 7) is 4.50. The first-order valence-corrected chi connectivity index (χ1v) is 12.4. The van der Waals surface area contributed by atoms with E-state index in [1.165, 1.54) is 18.5 Å². The Labute approximate surface area is 220 Å². The van der Waals surface area contributed by atoms with Crippen molar-refractivity contribution in [2.75, 3.05) is 35.8 Å². The fourth-order valence-electron chi connectivity index (χ4n) is 3.44. The normalized spacial score (nSPS) is 10.0. The van der Waals surface area contributed by atoms with Gasteiger partial charge in [-0.1, -0.05) is 30.3 Å². The molecule has 0 saturated heterocycles. The van der Waals surface area contributed by atoms with E-state index in [0.29, 0.717) is 10.7 Å². The molecule has 8 nitrogen and oxygen atoms in total. The highest BCUT2D eigenvalue weighted by Crippen LogP contribution is 2.29. The van der Waals surface area contributed by atoms with Crippen molar-refractivity contribution in [3.8, 4) is 11.5 Å². The van der Waals surface area contributed by atoms with Crippen LogP contribution in [0.3, 0.4) is 0 Å². The van der Waals surface area contributed by atoms with Crippen LogP contribution < -0.4 is 26.8 Å². The van der Waals surface area contributed by atoms with E-state index in [-0.39, 0.29) is 11.7 Å². The summed E-state index contributed by atoms with van der Waals surface area (Å²) >= 11 is 1.26. The van der Waals surface area contributed by atoms with Crippen LogP contribution in [-0.2, 0) is 4.79 Å². The third-order valence-electron chi connectivity index (χ3n) is 5.24. The zero-order chi connectivity index (χ0) is 26.8. The number of amides is 1. The maximum absolute atomic E-state index is 10.8. The van der Waals surface area contributed by atoms with E-state index >= 15 is 0 Å². The van der Waals surface area contributed by atoms with Gasteiger partial charge in [-0.25, -0.2) is 0 Å². The number of anilines is 4. The smallest absolute Gasteiger partial charge is 0.221 e. The molecular formula is C28H31N5O3S. The molecule has 0 atom stereocenters. The number of nitrogens with two attached hydrogens (primary N) is 2. The van der Waals surface area contributed by atoms with Crippen molar-refractivity contribution in [1.29, 1.82) is 0 Å². The van der Waals surface area contributed by atoms with Gasteiger partial charge in [0.05, 0.1) is 18.3 Å². The summed E-state index contributed by atoms with van der Waals surface area (Å²) in [6.07, 6.45) is 0. The van der Waals surface area contributed by atoms with Gasteiger partial charge < -0.3 is 31.9 Å². The Morgan fingerprint density at radius 2 is 1.68 bits per heavy atom. The van der Waals surface area contributed by atoms with Crippen LogP contribution in [0.25, 0.3) is 21.7 Å². The summed E-state index contributed by atoms with van der Waals surface area (Å²) in [5.41, 5.74) is 14.6. The van der Waals surface area contributed by atoms with Gasteiger partial charge in [0.25, 0.3) is 0 Å². The number of aromatic nitrogens is 1. The van der Waals surface area contributed by atoms with Crippen LogP contribution in [0.5, 0.6) is 11.5 Å². The summed E-state index contributed by atoms with van der Waals surface area (Å²) < 4.78 is 9.16. The first-order chi connectivity index (χ1) is 17.8. The van der Waals surface area contributed by atoms with Crippen molar-refractivity contribution < 1.29 is 14.6 Å². The van der Waals surface area contributed by atoms with Gasteiger partial charge in [0, 0.05) is 35.6 Å². The molecule has 37 heavy (non-hydrogen) atoms. The Morgan fingerprint density at radius 1 is 0.973 bits per heavy atom. The molecule has 1 aromatic heterocycles. The van der Waals surface area contributed by atoms with Crippen LogP contribution in [0.1, 0.15) is 13.8 Å². The van der Waals surface area contributed by atoms with E-state index in [1.807, 2.05) is 72.8 Å². The lowest BCUT2D eigenvalue weighted by Gasteiger charge is -2.03. The molecule has 0 bridgehead atoms. The van der Waals surface area contributed by atoms with Crippen LogP contribution in [0.4, 0.5) is 22.1 Å². The molecule has 0 aliphatic carbocycles. The molecule has 0 radical (unpaired) electrons. The number of ether oxygens (including phenoxy) is 1. The zero-order valence-electron chi connectivity index (χ0n) is 21.0. The van der Waals surface area contributed by atoms with Gasteiger partial charge in [0.15, 0.2) is 0 Å². The van der Waals surface area contributed by atoms with Crippen molar-refractivity contribution in [3.63, 3.8) is 0 Å². The lowest BCUT2D eigenvalue weighted by Crippen LogP contribution is -2.05. The van der Waals surface area contributed by atoms with Crippen molar-refractivity contribution in [1.82, 2.24) is 4.37 Å². The Morgan fingerprint density at radius 3 is 2.35 bits per heavy atom. The second-order valence-electron chi connectivity index (χ2n) is 7.94. The maximum atomic E-state index is 10.8. The SMILES string of the molecule is CC(=O)Nc1ccc2nsc(N)c2c1.CCNc1ccc(OC)cc1.Nc1c(O)ccc2ccccc12. The topological polar surface area (TPSA) is 136 Å². The molecule has 1 amide bonds. The molecule has 0 aliphatic heterocycles. The summed E-state index contributed by atoms with van der Waals surface area (Å²) in [4.78, 5) is 10.8. The monoisotopic (exact) mass is 517 g/mol. The predicted octanol–water partition coefficient (Wildman–Crippen LogP) is 6.09. The number of nitrogens with one attached hydrogen (secondary N) is 2. The van der Waals surface area contributed by atoms with Crippen LogP contribution >= 0.6 is 11.5 Å². The summed E-state index contributed by atoms with van der Waals surface area (Å²) in [5.74, 6) is 0.950. The average molecular weight is 518 g/mol. The van der Waals surface area contributed by atoms with Crippen molar-refractivity contribution >= 4 is 61.2 Å². The Bertz CT molecular complexity index is 1470. The zero-order valence-corrected chi connectivity index (χ0v) is 21.8. The molecule has 9 heteroatoms. The number of phenolic OH excluding ortho intramolecular Hbond substituents is 1. The molecule has 0 unspecified atom stereocenters. The van der Waals surface area contributed by atoms with Gasteiger partial charge in [-0.05, 0) is 72.4 Å². The minimum Gasteiger partial charge on any atom is -0.506 e. The van der Waals surface area contributed by atoms with E-state index in [9.17, 15) is 9.90 Å². The third-order valence-corrected chi connectivity index (χ3v) is 5.95. The highest BCUT2D eigenvalue weighted by atomic mass is 32.1. The first kappa shape index (κ1) is 27.1. The Hall–Kier alpha value is -4.50. The van der Waals surface area contributed by atoms with Gasteiger partial charge in [-0.2, -0.15) is 4.37 Å². The molecule has 1 heterocycles. The number of carbonyl (C=O) groups is 1. The average Bonchev–Trinajstić information content (AvgIpc) is 3.27. The lowest BCUT2D eigenvalue weighted by molar-refractivity contribution is -0.114. The van der Waals surface area contributed by atoms with Crippen LogP contribution in [-0.4, -0.2) is 29.0 Å². The molecule has 0 saturated carbocycles. The van der Waals surface area contributed by atoms with E-state index in [2.05, 4.69) is 21.9 Å². The number of aromatic hydroxyl groups is 1. The molecule has 5 aromatic rings. The number of nitrogens with zero attached hydrogens (tertiary/aromatic N) is 1.